The van der Waals surface area contributed by atoms with Gasteiger partial charge < -0.3 is 14.4 Å². The first-order valence-electron chi connectivity index (χ1n) is 11.9. The second kappa shape index (κ2) is 10.8. The van der Waals surface area contributed by atoms with Crippen LogP contribution in [0, 0.1) is 0 Å². The molecule has 0 saturated carbocycles. The summed E-state index contributed by atoms with van der Waals surface area (Å²) in [6.45, 7) is 4.39. The molecule has 180 valence electrons. The summed E-state index contributed by atoms with van der Waals surface area (Å²) in [5, 5.41) is 11.7. The van der Waals surface area contributed by atoms with Crippen molar-refractivity contribution in [3.05, 3.63) is 72.6 Å². The molecule has 1 aliphatic heterocycles. The first-order valence-corrected chi connectivity index (χ1v) is 12.9. The van der Waals surface area contributed by atoms with Crippen LogP contribution in [0.25, 0.3) is 16.5 Å². The number of para-hydroxylation sites is 2. The Morgan fingerprint density at radius 2 is 1.66 bits per heavy atom. The number of fused-ring (bicyclic) bond motifs is 1. The average molecular weight is 489 g/mol. The maximum Gasteiger partial charge on any atom is 0.233 e. The molecular weight excluding hydrogens is 460 g/mol. The largest absolute Gasteiger partial charge is 0.492 e. The van der Waals surface area contributed by atoms with Gasteiger partial charge in [-0.25, -0.2) is 0 Å². The number of ether oxygens (including phenoxy) is 2. The van der Waals surface area contributed by atoms with Gasteiger partial charge in [0.1, 0.15) is 18.1 Å². The summed E-state index contributed by atoms with van der Waals surface area (Å²) in [4.78, 5) is 14.6. The van der Waals surface area contributed by atoms with Gasteiger partial charge in [-0.3, -0.25) is 9.36 Å². The number of hydrogen-bond donors (Lipinski definition) is 0. The Kier molecular flexibility index (Phi) is 7.18. The van der Waals surface area contributed by atoms with Crippen LogP contribution in [0.4, 0.5) is 0 Å². The van der Waals surface area contributed by atoms with E-state index in [0.29, 0.717) is 23.3 Å². The molecule has 0 atom stereocenters. The van der Waals surface area contributed by atoms with E-state index in [1.165, 1.54) is 11.8 Å². The zero-order valence-electron chi connectivity index (χ0n) is 19.7. The van der Waals surface area contributed by atoms with Crippen LogP contribution in [-0.2, 0) is 11.4 Å². The average Bonchev–Trinajstić information content (AvgIpc) is 3.57. The van der Waals surface area contributed by atoms with Gasteiger partial charge in [0.15, 0.2) is 11.0 Å². The molecule has 0 bridgehead atoms. The number of rotatable bonds is 9. The predicted molar refractivity (Wildman–Crippen MR) is 137 cm³/mol. The molecule has 3 aromatic carbocycles. The van der Waals surface area contributed by atoms with Crippen LogP contribution in [0.1, 0.15) is 25.6 Å². The van der Waals surface area contributed by atoms with Gasteiger partial charge in [-0.15, -0.1) is 10.2 Å². The van der Waals surface area contributed by atoms with Crippen LogP contribution >= 0.6 is 11.8 Å². The summed E-state index contributed by atoms with van der Waals surface area (Å²) in [6.07, 6.45) is 2.15. The van der Waals surface area contributed by atoms with E-state index in [-0.39, 0.29) is 12.5 Å². The third-order valence-electron chi connectivity index (χ3n) is 6.00. The minimum atomic E-state index is 0.133. The maximum atomic E-state index is 12.7. The number of carbonyl (C=O) groups excluding carboxylic acids is 1. The van der Waals surface area contributed by atoms with Crippen LogP contribution in [0.3, 0.4) is 0 Å². The van der Waals surface area contributed by atoms with E-state index in [0.717, 1.165) is 53.9 Å². The molecule has 0 unspecified atom stereocenters. The molecule has 5 rings (SSSR count). The van der Waals surface area contributed by atoms with Crippen molar-refractivity contribution in [3.8, 4) is 17.2 Å². The molecule has 0 aliphatic carbocycles. The molecule has 0 spiro atoms. The minimum absolute atomic E-state index is 0.133. The third kappa shape index (κ3) is 5.12. The van der Waals surface area contributed by atoms with Gasteiger partial charge in [-0.05, 0) is 43.4 Å². The summed E-state index contributed by atoms with van der Waals surface area (Å²) in [5.41, 5.74) is 0.826. The lowest BCUT2D eigenvalue weighted by atomic mass is 10.1. The standard InChI is InChI=1S/C27H28N4O3S/c1-2-33-24-14-6-5-13-22(24)31-25(18-34-23-15-9-11-20-10-3-4-12-21(20)23)28-29-27(31)35-19-26(32)30-16-7-8-17-30/h3-6,9-15H,2,7-8,16-19H2,1H3. The predicted octanol–water partition coefficient (Wildman–Crippen LogP) is 5.11. The van der Waals surface area contributed by atoms with Crippen LogP contribution in [-0.4, -0.2) is 51.0 Å². The molecule has 1 aliphatic rings. The number of nitrogens with zero attached hydrogens (tertiary/aromatic N) is 4. The van der Waals surface area contributed by atoms with Gasteiger partial charge >= 0.3 is 0 Å². The number of aromatic nitrogens is 3. The number of carbonyl (C=O) groups is 1. The Morgan fingerprint density at radius 1 is 0.914 bits per heavy atom. The molecule has 7 nitrogen and oxygen atoms in total. The molecule has 1 aromatic heterocycles. The van der Waals surface area contributed by atoms with Crippen molar-refractivity contribution in [2.24, 2.45) is 0 Å². The van der Waals surface area contributed by atoms with Gasteiger partial charge in [0.05, 0.1) is 18.0 Å². The van der Waals surface area contributed by atoms with E-state index in [1.54, 1.807) is 0 Å². The highest BCUT2D eigenvalue weighted by Crippen LogP contribution is 2.31. The maximum absolute atomic E-state index is 12.7. The summed E-state index contributed by atoms with van der Waals surface area (Å²) in [7, 11) is 0. The summed E-state index contributed by atoms with van der Waals surface area (Å²) in [5.74, 6) is 2.61. The zero-order valence-corrected chi connectivity index (χ0v) is 20.5. The zero-order chi connectivity index (χ0) is 24.0. The summed E-state index contributed by atoms with van der Waals surface area (Å²) >= 11 is 1.40. The molecule has 1 saturated heterocycles. The molecule has 0 radical (unpaired) electrons. The first kappa shape index (κ1) is 23.2. The second-order valence-corrected chi connectivity index (χ2v) is 9.22. The molecule has 35 heavy (non-hydrogen) atoms. The first-order chi connectivity index (χ1) is 17.2. The number of amides is 1. The van der Waals surface area contributed by atoms with Gasteiger partial charge in [-0.1, -0.05) is 60.3 Å². The summed E-state index contributed by atoms with van der Waals surface area (Å²) in [6, 6.07) is 21.9. The SMILES string of the molecule is CCOc1ccccc1-n1c(COc2cccc3ccccc23)nnc1SCC(=O)N1CCCC1. The highest BCUT2D eigenvalue weighted by atomic mass is 32.2. The second-order valence-electron chi connectivity index (χ2n) is 8.28. The molecule has 1 amide bonds. The van der Waals surface area contributed by atoms with E-state index in [9.17, 15) is 4.79 Å². The number of likely N-dealkylation sites (tertiary alicyclic amines) is 1. The van der Waals surface area contributed by atoms with Gasteiger partial charge in [0, 0.05) is 18.5 Å². The van der Waals surface area contributed by atoms with Crippen LogP contribution in [0.2, 0.25) is 0 Å². The van der Waals surface area contributed by atoms with Crippen molar-refractivity contribution in [2.75, 3.05) is 25.4 Å². The highest BCUT2D eigenvalue weighted by Gasteiger charge is 2.22. The number of hydrogen-bond acceptors (Lipinski definition) is 6. The Bertz CT molecular complexity index is 1310. The molecule has 4 aromatic rings. The normalized spacial score (nSPS) is 13.3. The van der Waals surface area contributed by atoms with Crippen molar-refractivity contribution in [1.82, 2.24) is 19.7 Å². The van der Waals surface area contributed by atoms with E-state index in [1.807, 2.05) is 71.0 Å². The topological polar surface area (TPSA) is 69.5 Å². The molecule has 2 heterocycles. The van der Waals surface area contributed by atoms with E-state index >= 15 is 0 Å². The van der Waals surface area contributed by atoms with Crippen LogP contribution in [0.5, 0.6) is 11.5 Å². The fraction of sp³-hybridized carbons (Fsp3) is 0.296. The molecule has 1 fully saturated rings. The number of thioether (sulfide) groups is 1. The minimum Gasteiger partial charge on any atom is -0.492 e. The fourth-order valence-electron chi connectivity index (χ4n) is 4.30. The smallest absolute Gasteiger partial charge is 0.233 e. The van der Waals surface area contributed by atoms with E-state index in [4.69, 9.17) is 9.47 Å². The van der Waals surface area contributed by atoms with E-state index < -0.39 is 0 Å². The van der Waals surface area contributed by atoms with Crippen molar-refractivity contribution in [2.45, 2.75) is 31.5 Å². The number of benzene rings is 3. The molecule has 8 heteroatoms. The lowest BCUT2D eigenvalue weighted by Crippen LogP contribution is -2.29. The van der Waals surface area contributed by atoms with Crippen LogP contribution < -0.4 is 9.47 Å². The fourth-order valence-corrected chi connectivity index (χ4v) is 5.16. The van der Waals surface area contributed by atoms with Gasteiger partial charge in [-0.2, -0.15) is 0 Å². The Morgan fingerprint density at radius 3 is 2.51 bits per heavy atom. The quantitative estimate of drug-likeness (QED) is 0.305. The van der Waals surface area contributed by atoms with E-state index in [2.05, 4.69) is 22.3 Å². The van der Waals surface area contributed by atoms with Crippen molar-refractivity contribution in [3.63, 3.8) is 0 Å². The Hall–Kier alpha value is -3.52. The van der Waals surface area contributed by atoms with Gasteiger partial charge in [0.25, 0.3) is 0 Å². The molecule has 0 N–H and O–H groups in total. The highest BCUT2D eigenvalue weighted by molar-refractivity contribution is 7.99. The van der Waals surface area contributed by atoms with Crippen LogP contribution in [0.15, 0.2) is 71.9 Å². The van der Waals surface area contributed by atoms with Gasteiger partial charge in [0.2, 0.25) is 5.91 Å². The third-order valence-corrected chi connectivity index (χ3v) is 6.91. The molecular formula is C27H28N4O3S. The summed E-state index contributed by atoms with van der Waals surface area (Å²) < 4.78 is 14.1. The lowest BCUT2D eigenvalue weighted by Gasteiger charge is -2.17. The van der Waals surface area contributed by atoms with Crippen molar-refractivity contribution < 1.29 is 14.3 Å². The lowest BCUT2D eigenvalue weighted by molar-refractivity contribution is -0.127. The van der Waals surface area contributed by atoms with Crippen molar-refractivity contribution >= 4 is 28.4 Å². The monoisotopic (exact) mass is 488 g/mol. The Labute approximate surface area is 209 Å². The van der Waals surface area contributed by atoms with Crippen molar-refractivity contribution in [1.29, 1.82) is 0 Å². The Balaban J connectivity index is 1.44.